The average Bonchev–Trinajstić information content (AvgIpc) is 3.29. The summed E-state index contributed by atoms with van der Waals surface area (Å²) in [6.07, 6.45) is -8.26. The number of ketones is 1. The van der Waals surface area contributed by atoms with Gasteiger partial charge in [-0.05, 0) is 79.0 Å². The number of Topliss-reactive ketones (excluding diaryl/α,β-unsaturated/α-hetero) is 1. The number of rotatable bonds is 16. The molecule has 0 spiro atoms. The molecule has 6 rings (SSSR count). The molecule has 390 valence electrons. The predicted octanol–water partition coefficient (Wildman–Crippen LogP) is 8.50. The summed E-state index contributed by atoms with van der Waals surface area (Å²) < 4.78 is 46.1. The molecular formula is C54H77NO14Si2. The highest BCUT2D eigenvalue weighted by Crippen LogP contribution is 2.65. The molecule has 2 aromatic carbocycles. The summed E-state index contributed by atoms with van der Waals surface area (Å²) in [6, 6.07) is 18.6. The van der Waals surface area contributed by atoms with E-state index in [9.17, 15) is 24.3 Å². The zero-order valence-electron chi connectivity index (χ0n) is 44.4. The number of hydrogen-bond donors (Lipinski definition) is 2. The summed E-state index contributed by atoms with van der Waals surface area (Å²) in [7, 11) is -5.51. The van der Waals surface area contributed by atoms with Gasteiger partial charge in [0.2, 0.25) is 0 Å². The first-order valence-corrected chi connectivity index (χ1v) is 30.5. The lowest BCUT2D eigenvalue weighted by atomic mass is 9.44. The van der Waals surface area contributed by atoms with E-state index in [0.717, 1.165) is 0 Å². The Morgan fingerprint density at radius 3 is 1.90 bits per heavy atom. The third-order valence-corrected chi connectivity index (χ3v) is 26.1. The number of fused-ring (bicyclic) bond motifs is 5. The van der Waals surface area contributed by atoms with Gasteiger partial charge in [-0.15, -0.1) is 0 Å². The highest BCUT2D eigenvalue weighted by molar-refractivity contribution is 6.74. The summed E-state index contributed by atoms with van der Waals surface area (Å²) in [5, 5.41) is 16.7. The minimum Gasteiger partial charge on any atom is -0.459 e. The van der Waals surface area contributed by atoms with E-state index in [1.165, 1.54) is 20.8 Å². The molecule has 2 bridgehead atoms. The molecule has 1 amide bonds. The van der Waals surface area contributed by atoms with Crippen LogP contribution in [0.3, 0.4) is 0 Å². The third kappa shape index (κ3) is 9.99. The molecule has 17 heteroatoms. The van der Waals surface area contributed by atoms with Crippen LogP contribution in [-0.2, 0) is 56.5 Å². The smallest absolute Gasteiger partial charge is 0.337 e. The first kappa shape index (κ1) is 55.8. The highest BCUT2D eigenvalue weighted by atomic mass is 28.4. The van der Waals surface area contributed by atoms with E-state index in [1.54, 1.807) is 82.3 Å². The van der Waals surface area contributed by atoms with E-state index in [2.05, 4.69) is 26.1 Å². The van der Waals surface area contributed by atoms with Crippen LogP contribution >= 0.6 is 0 Å². The van der Waals surface area contributed by atoms with Crippen LogP contribution in [0.2, 0.25) is 36.3 Å². The molecule has 71 heavy (non-hydrogen) atoms. The number of esters is 4. The molecule has 15 nitrogen and oxygen atoms in total. The van der Waals surface area contributed by atoms with E-state index >= 15 is 9.59 Å². The van der Waals surface area contributed by atoms with E-state index in [-0.39, 0.29) is 18.6 Å². The van der Waals surface area contributed by atoms with E-state index in [0.29, 0.717) is 34.8 Å². The molecule has 1 saturated heterocycles. The largest absolute Gasteiger partial charge is 0.459 e. The van der Waals surface area contributed by atoms with Crippen molar-refractivity contribution in [1.82, 2.24) is 5.32 Å². The molecule has 2 N–H and O–H groups in total. The van der Waals surface area contributed by atoms with Crippen LogP contribution < -0.4 is 5.32 Å². The second-order valence-corrected chi connectivity index (χ2v) is 31.9. The molecule has 11 atom stereocenters. The van der Waals surface area contributed by atoms with Crippen molar-refractivity contribution in [3.63, 3.8) is 0 Å². The van der Waals surface area contributed by atoms with Crippen molar-refractivity contribution >= 4 is 52.2 Å². The zero-order chi connectivity index (χ0) is 52.9. The molecule has 0 radical (unpaired) electrons. The van der Waals surface area contributed by atoms with Gasteiger partial charge in [-0.1, -0.05) is 104 Å². The molecule has 2 saturated carbocycles. The first-order valence-electron chi connectivity index (χ1n) is 25.1. The van der Waals surface area contributed by atoms with Crippen LogP contribution in [-0.4, -0.2) is 112 Å². The summed E-state index contributed by atoms with van der Waals surface area (Å²) in [6.45, 7) is 26.3. The van der Waals surface area contributed by atoms with Crippen LogP contribution in [0.1, 0.15) is 125 Å². The normalized spacial score (nSPS) is 30.2. The number of carbonyl (C=O) groups is 6. The van der Waals surface area contributed by atoms with Gasteiger partial charge in [0.1, 0.15) is 23.9 Å². The Kier molecular flexibility index (Phi) is 16.0. The van der Waals surface area contributed by atoms with Crippen LogP contribution in [0.25, 0.3) is 0 Å². The maximum absolute atomic E-state index is 16.3. The van der Waals surface area contributed by atoms with Crippen molar-refractivity contribution < 1.29 is 66.4 Å². The van der Waals surface area contributed by atoms with Crippen molar-refractivity contribution in [1.29, 1.82) is 0 Å². The molecular weight excluding hydrogens is 943 g/mol. The predicted molar refractivity (Wildman–Crippen MR) is 270 cm³/mol. The highest BCUT2D eigenvalue weighted by Gasteiger charge is 2.79. The van der Waals surface area contributed by atoms with Gasteiger partial charge in [-0.2, -0.15) is 0 Å². The molecule has 3 fully saturated rings. The zero-order valence-corrected chi connectivity index (χ0v) is 46.4. The van der Waals surface area contributed by atoms with Gasteiger partial charge in [-0.25, -0.2) is 4.79 Å². The molecule has 1 aliphatic heterocycles. The Balaban J connectivity index is 1.61. The number of carbonyl (C=O) groups excluding carboxylic acids is 6. The van der Waals surface area contributed by atoms with Gasteiger partial charge in [0.05, 0.1) is 30.1 Å². The number of aliphatic hydroxyl groups is 1. The minimum absolute atomic E-state index is 0.111. The lowest BCUT2D eigenvalue weighted by molar-refractivity contribution is -0.346. The van der Waals surface area contributed by atoms with Gasteiger partial charge < -0.3 is 43.0 Å². The summed E-state index contributed by atoms with van der Waals surface area (Å²) in [5.41, 5.74) is -5.87. The molecule has 1 heterocycles. The van der Waals surface area contributed by atoms with Gasteiger partial charge in [0.15, 0.2) is 40.2 Å². The maximum Gasteiger partial charge on any atom is 0.337 e. The van der Waals surface area contributed by atoms with Crippen LogP contribution in [0.5, 0.6) is 0 Å². The fraction of sp³-hybridized carbons (Fsp3) is 0.630. The Morgan fingerprint density at radius 2 is 1.41 bits per heavy atom. The monoisotopic (exact) mass is 1020 g/mol. The number of ether oxygens (including phenoxy) is 5. The molecule has 0 unspecified atom stereocenters. The van der Waals surface area contributed by atoms with Crippen molar-refractivity contribution in [2.45, 2.75) is 193 Å². The summed E-state index contributed by atoms with van der Waals surface area (Å²) in [4.78, 5) is 86.5. The van der Waals surface area contributed by atoms with Crippen LogP contribution in [0.15, 0.2) is 71.8 Å². The molecule has 2 aromatic rings. The molecule has 0 aromatic heterocycles. The summed E-state index contributed by atoms with van der Waals surface area (Å²) >= 11 is 0. The standard InChI is InChI=1S/C54H77NO14Si2/c1-16-71(17-2,18-3)68-39-29-40-53(31-63-40,67-35(7)58)45-47(65-34(6)57)54(62)30-38(32(4)41(51(54,11)12)43(64-33(5)56)46(59)52(39,45)13)66-49(61)44(69-70(14,15)50(8,9)10)42(36-25-21-19-22-26-36)55-48(60)37-27-23-20-24-28-37/h19-28,38-40,42-45,47,62H,16-18,29-31H2,1-15H3,(H,55,60)/t38-,39-,40+,42-,43+,44+,45-,47-,52+,53-,54+/m0/s1. The van der Waals surface area contributed by atoms with Crippen molar-refractivity contribution in [3.8, 4) is 0 Å². The Hall–Kier alpha value is -4.53. The molecule has 4 aliphatic rings. The van der Waals surface area contributed by atoms with Crippen molar-refractivity contribution in [3.05, 3.63) is 82.9 Å². The van der Waals surface area contributed by atoms with Gasteiger partial charge in [0.25, 0.3) is 5.91 Å². The number of benzene rings is 2. The number of hydrogen-bond acceptors (Lipinski definition) is 14. The number of nitrogens with one attached hydrogen (secondary N) is 1. The van der Waals surface area contributed by atoms with Crippen molar-refractivity contribution in [2.24, 2.45) is 16.7 Å². The fourth-order valence-corrected chi connectivity index (χ4v) is 15.8. The fourth-order valence-electron chi connectivity index (χ4n) is 11.7. The Bertz CT molecular complexity index is 2370. The van der Waals surface area contributed by atoms with E-state index in [1.807, 2.05) is 39.9 Å². The van der Waals surface area contributed by atoms with Crippen LogP contribution in [0, 0.1) is 16.7 Å². The SMILES string of the molecule is CC[Si](CC)(CC)O[C@H]1C[C@H]2OC[C@@]2(OC(C)=O)[C@H]2[C@H](OC(C)=O)[C@]3(O)C[C@H](OC(=O)[C@H](O[Si](C)(C)C(C)(C)C)[C@@H](NC(=O)c4ccccc4)c4ccccc4)C(C)=C([C@@H](OC(C)=O)C(=O)[C@]12C)C3(C)C. The first-order chi connectivity index (χ1) is 33.0. The van der Waals surface area contributed by atoms with Gasteiger partial charge >= 0.3 is 23.9 Å². The second-order valence-electron chi connectivity index (χ2n) is 22.4. The lowest BCUT2D eigenvalue weighted by Gasteiger charge is -2.68. The quantitative estimate of drug-likeness (QED) is 0.0702. The molecule has 3 aliphatic carbocycles. The van der Waals surface area contributed by atoms with E-state index < -0.39 is 134 Å². The average molecular weight is 1020 g/mol. The van der Waals surface area contributed by atoms with Gasteiger partial charge in [0, 0.05) is 44.6 Å². The minimum atomic E-state index is -2.91. The summed E-state index contributed by atoms with van der Waals surface area (Å²) in [5.74, 6) is -5.61. The van der Waals surface area contributed by atoms with Crippen LogP contribution in [0.4, 0.5) is 0 Å². The van der Waals surface area contributed by atoms with Gasteiger partial charge in [-0.3, -0.25) is 24.0 Å². The number of amides is 1. The third-order valence-electron chi connectivity index (χ3n) is 17.0. The van der Waals surface area contributed by atoms with E-state index in [4.69, 9.17) is 32.5 Å². The van der Waals surface area contributed by atoms with Crippen molar-refractivity contribution in [2.75, 3.05) is 6.61 Å². The Labute approximate surface area is 421 Å². The maximum atomic E-state index is 16.3. The lowest BCUT2D eigenvalue weighted by Crippen LogP contribution is -2.82. The second kappa shape index (κ2) is 20.4. The Morgan fingerprint density at radius 1 is 0.845 bits per heavy atom. The topological polar surface area (TPSA) is 199 Å².